The second-order valence-electron chi connectivity index (χ2n) is 2.50. The lowest BCUT2D eigenvalue weighted by molar-refractivity contribution is 0.469. The summed E-state index contributed by atoms with van der Waals surface area (Å²) in [5.41, 5.74) is 1.69. The molecule has 0 aliphatic heterocycles. The van der Waals surface area contributed by atoms with Crippen LogP contribution in [0.2, 0.25) is 0 Å². The number of phenolic OH excluding ortho intramolecular Hbond substituents is 1. The van der Waals surface area contributed by atoms with Crippen LogP contribution in [0.25, 0.3) is 6.08 Å². The van der Waals surface area contributed by atoms with E-state index in [1.807, 2.05) is 6.07 Å². The van der Waals surface area contributed by atoms with Crippen LogP contribution in [0.15, 0.2) is 30.9 Å². The van der Waals surface area contributed by atoms with Crippen LogP contribution in [0.5, 0.6) is 5.75 Å². The smallest absolute Gasteiger partial charge is 0.119 e. The summed E-state index contributed by atoms with van der Waals surface area (Å²) in [6.07, 6.45) is 3.86. The van der Waals surface area contributed by atoms with Gasteiger partial charge in [0.2, 0.25) is 0 Å². The average Bonchev–Trinajstić information content (AvgIpc) is 2.09. The van der Waals surface area contributed by atoms with Gasteiger partial charge < -0.3 is 5.11 Å². The zero-order valence-electron chi connectivity index (χ0n) is 6.83. The van der Waals surface area contributed by atoms with Crippen molar-refractivity contribution < 1.29 is 5.11 Å². The van der Waals surface area contributed by atoms with E-state index < -0.39 is 0 Å². The number of aromatic hydroxyl groups is 1. The van der Waals surface area contributed by atoms with Crippen molar-refractivity contribution in [1.29, 1.82) is 0 Å². The molecule has 0 aliphatic rings. The molecule has 0 unspecified atom stereocenters. The van der Waals surface area contributed by atoms with E-state index in [1.165, 1.54) is 6.08 Å². The van der Waals surface area contributed by atoms with Crippen LogP contribution in [0.1, 0.15) is 11.1 Å². The van der Waals surface area contributed by atoms with Gasteiger partial charge in [-0.15, -0.1) is 6.58 Å². The molecule has 1 radical (unpaired) electrons. The molecule has 0 saturated carbocycles. The third-order valence-electron chi connectivity index (χ3n) is 1.72. The summed E-state index contributed by atoms with van der Waals surface area (Å²) in [5, 5.41) is 9.43. The molecule has 0 fully saturated rings. The number of rotatable bonds is 3. The summed E-state index contributed by atoms with van der Waals surface area (Å²) in [6.45, 7) is 8.99. The molecule has 0 aromatic heterocycles. The molecule has 0 amide bonds. The lowest BCUT2D eigenvalue weighted by Gasteiger charge is -2.04. The SMILES string of the molecule is [CH]=Cc1cccc(O)c1CC=C. The van der Waals surface area contributed by atoms with Crippen molar-refractivity contribution in [2.24, 2.45) is 0 Å². The van der Waals surface area contributed by atoms with Crippen molar-refractivity contribution in [3.05, 3.63) is 48.6 Å². The zero-order valence-corrected chi connectivity index (χ0v) is 6.83. The second kappa shape index (κ2) is 3.77. The Morgan fingerprint density at radius 3 is 2.83 bits per heavy atom. The van der Waals surface area contributed by atoms with Gasteiger partial charge in [0, 0.05) is 5.56 Å². The van der Waals surface area contributed by atoms with Crippen LogP contribution < -0.4 is 0 Å². The van der Waals surface area contributed by atoms with E-state index in [9.17, 15) is 5.11 Å². The van der Waals surface area contributed by atoms with Crippen molar-refractivity contribution in [3.63, 3.8) is 0 Å². The van der Waals surface area contributed by atoms with Crippen LogP contribution >= 0.6 is 0 Å². The first-order valence-corrected chi connectivity index (χ1v) is 3.76. The summed E-state index contributed by atoms with van der Waals surface area (Å²) >= 11 is 0. The van der Waals surface area contributed by atoms with E-state index >= 15 is 0 Å². The first kappa shape index (κ1) is 8.60. The molecule has 12 heavy (non-hydrogen) atoms. The molecule has 1 N–H and O–H groups in total. The highest BCUT2D eigenvalue weighted by molar-refractivity contribution is 5.55. The van der Waals surface area contributed by atoms with Crippen LogP contribution in [0.3, 0.4) is 0 Å². The Balaban J connectivity index is 3.18. The molecular weight excluding hydrogens is 148 g/mol. The Morgan fingerprint density at radius 2 is 2.25 bits per heavy atom. The molecule has 1 aromatic carbocycles. The van der Waals surface area contributed by atoms with Gasteiger partial charge in [-0.2, -0.15) is 0 Å². The fraction of sp³-hybridized carbons (Fsp3) is 0.0909. The number of hydrogen-bond donors (Lipinski definition) is 1. The van der Waals surface area contributed by atoms with Gasteiger partial charge in [-0.05, 0) is 18.1 Å². The standard InChI is InChI=1S/C11H11O/c1-3-6-10-9(4-2)7-5-8-11(10)12/h2-5,7-8,12H,1,6H2. The largest absolute Gasteiger partial charge is 0.508 e. The van der Waals surface area contributed by atoms with Crippen molar-refractivity contribution in [3.8, 4) is 5.75 Å². The first-order chi connectivity index (χ1) is 5.79. The summed E-state index contributed by atoms with van der Waals surface area (Å²) in [4.78, 5) is 0. The molecule has 1 nitrogen and oxygen atoms in total. The van der Waals surface area contributed by atoms with E-state index in [0.29, 0.717) is 6.42 Å². The number of allylic oxidation sites excluding steroid dienone is 1. The Morgan fingerprint density at radius 1 is 1.50 bits per heavy atom. The van der Waals surface area contributed by atoms with Gasteiger partial charge in [-0.25, -0.2) is 0 Å². The molecule has 0 spiro atoms. The van der Waals surface area contributed by atoms with E-state index in [0.717, 1.165) is 11.1 Å². The summed E-state index contributed by atoms with van der Waals surface area (Å²) < 4.78 is 0. The van der Waals surface area contributed by atoms with Gasteiger partial charge >= 0.3 is 0 Å². The monoisotopic (exact) mass is 159 g/mol. The predicted octanol–water partition coefficient (Wildman–Crippen LogP) is 2.57. The lowest BCUT2D eigenvalue weighted by Crippen LogP contribution is -1.86. The maximum absolute atomic E-state index is 9.43. The molecule has 1 aromatic rings. The van der Waals surface area contributed by atoms with E-state index in [4.69, 9.17) is 6.58 Å². The molecular formula is C11H11O. The second-order valence-corrected chi connectivity index (χ2v) is 2.50. The molecule has 1 heteroatoms. The quantitative estimate of drug-likeness (QED) is 0.672. The molecule has 0 heterocycles. The molecule has 61 valence electrons. The van der Waals surface area contributed by atoms with E-state index in [-0.39, 0.29) is 5.75 Å². The number of phenols is 1. The van der Waals surface area contributed by atoms with E-state index in [2.05, 4.69) is 6.58 Å². The molecule has 0 atom stereocenters. The van der Waals surface area contributed by atoms with Gasteiger partial charge in [0.25, 0.3) is 0 Å². The Kier molecular flexibility index (Phi) is 2.70. The van der Waals surface area contributed by atoms with E-state index in [1.54, 1.807) is 18.2 Å². The third kappa shape index (κ3) is 1.56. The number of benzene rings is 1. The zero-order chi connectivity index (χ0) is 8.97. The van der Waals surface area contributed by atoms with Gasteiger partial charge in [0.15, 0.2) is 0 Å². The summed E-state index contributed by atoms with van der Waals surface area (Å²) in [7, 11) is 0. The highest BCUT2D eigenvalue weighted by Crippen LogP contribution is 2.22. The van der Waals surface area contributed by atoms with Crippen molar-refractivity contribution in [1.82, 2.24) is 0 Å². The van der Waals surface area contributed by atoms with Gasteiger partial charge in [0.05, 0.1) is 0 Å². The van der Waals surface area contributed by atoms with Crippen molar-refractivity contribution >= 4 is 6.08 Å². The molecule has 0 bridgehead atoms. The molecule has 0 saturated heterocycles. The highest BCUT2D eigenvalue weighted by atomic mass is 16.3. The summed E-state index contributed by atoms with van der Waals surface area (Å²) in [6, 6.07) is 5.27. The summed E-state index contributed by atoms with van der Waals surface area (Å²) in [5.74, 6) is 0.272. The highest BCUT2D eigenvalue weighted by Gasteiger charge is 2.01. The maximum Gasteiger partial charge on any atom is 0.119 e. The van der Waals surface area contributed by atoms with Gasteiger partial charge in [0.1, 0.15) is 5.75 Å². The van der Waals surface area contributed by atoms with Crippen LogP contribution in [-0.2, 0) is 6.42 Å². The first-order valence-electron chi connectivity index (χ1n) is 3.76. The van der Waals surface area contributed by atoms with Crippen molar-refractivity contribution in [2.75, 3.05) is 0 Å². The van der Waals surface area contributed by atoms with Crippen LogP contribution in [-0.4, -0.2) is 5.11 Å². The molecule has 1 rings (SSSR count). The fourth-order valence-electron chi connectivity index (χ4n) is 1.11. The topological polar surface area (TPSA) is 20.2 Å². The minimum atomic E-state index is 0.272. The third-order valence-corrected chi connectivity index (χ3v) is 1.72. The normalized spacial score (nSPS) is 9.33. The Hall–Kier alpha value is -1.50. The number of hydrogen-bond acceptors (Lipinski definition) is 1. The Bertz CT molecular complexity index is 300. The van der Waals surface area contributed by atoms with Crippen LogP contribution in [0.4, 0.5) is 0 Å². The minimum Gasteiger partial charge on any atom is -0.508 e. The Labute approximate surface area is 72.7 Å². The van der Waals surface area contributed by atoms with Crippen LogP contribution in [0, 0.1) is 6.58 Å². The average molecular weight is 159 g/mol. The van der Waals surface area contributed by atoms with Gasteiger partial charge in [-0.1, -0.05) is 30.9 Å². The lowest BCUT2D eigenvalue weighted by atomic mass is 10.0. The minimum absolute atomic E-state index is 0.272. The molecule has 0 aliphatic carbocycles. The maximum atomic E-state index is 9.43. The fourth-order valence-corrected chi connectivity index (χ4v) is 1.11. The van der Waals surface area contributed by atoms with Crippen molar-refractivity contribution in [2.45, 2.75) is 6.42 Å². The van der Waals surface area contributed by atoms with Gasteiger partial charge in [-0.3, -0.25) is 0 Å². The predicted molar refractivity (Wildman–Crippen MR) is 50.8 cm³/mol.